The average molecular weight is 423 g/mol. The largest absolute Gasteiger partial charge is 0.491 e. The van der Waals surface area contributed by atoms with Gasteiger partial charge in [0, 0.05) is 26.2 Å². The molecule has 0 aliphatic heterocycles. The van der Waals surface area contributed by atoms with Crippen LogP contribution in [0.4, 0.5) is 4.39 Å². The second-order valence-electron chi connectivity index (χ2n) is 7.98. The molecule has 0 saturated heterocycles. The van der Waals surface area contributed by atoms with Crippen LogP contribution in [0.5, 0.6) is 5.75 Å². The highest BCUT2D eigenvalue weighted by Gasteiger charge is 2.10. The van der Waals surface area contributed by atoms with Crippen molar-refractivity contribution < 1.29 is 14.2 Å². The van der Waals surface area contributed by atoms with Crippen molar-refractivity contribution in [1.29, 1.82) is 0 Å². The molecule has 0 aromatic heterocycles. The summed E-state index contributed by atoms with van der Waals surface area (Å²) >= 11 is 0. The Morgan fingerprint density at radius 3 is 2.32 bits per heavy atom. The van der Waals surface area contributed by atoms with Crippen LogP contribution in [-0.2, 0) is 19.6 Å². The molecule has 0 unspecified atom stereocenters. The van der Waals surface area contributed by atoms with Gasteiger partial charge in [0.2, 0.25) is 0 Å². The van der Waals surface area contributed by atoms with Crippen LogP contribution in [0, 0.1) is 12.7 Å². The Morgan fingerprint density at radius 1 is 0.935 bits per heavy atom. The van der Waals surface area contributed by atoms with Crippen molar-refractivity contribution in [1.82, 2.24) is 10.2 Å². The van der Waals surface area contributed by atoms with E-state index in [-0.39, 0.29) is 12.4 Å². The fourth-order valence-electron chi connectivity index (χ4n) is 3.37. The number of nitrogens with zero attached hydrogens (tertiary/aromatic N) is 1. The van der Waals surface area contributed by atoms with E-state index in [1.165, 1.54) is 5.56 Å². The molecule has 5 heteroatoms. The number of likely N-dealkylation sites (N-methyl/N-ethyl adjacent to an activating group) is 1. The molecule has 164 valence electrons. The molecule has 0 saturated carbocycles. The summed E-state index contributed by atoms with van der Waals surface area (Å²) in [5.41, 5.74) is 3.92. The topological polar surface area (TPSA) is 44.7 Å². The minimum absolute atomic E-state index is 0.172. The van der Waals surface area contributed by atoms with E-state index in [1.54, 1.807) is 19.1 Å². The third kappa shape index (κ3) is 7.79. The third-order valence-electron chi connectivity index (χ3n) is 5.08. The zero-order chi connectivity index (χ0) is 22.1. The van der Waals surface area contributed by atoms with Gasteiger partial charge in [0.25, 0.3) is 0 Å². The molecule has 0 amide bonds. The van der Waals surface area contributed by atoms with E-state index < -0.39 is 6.10 Å². The Kier molecular flexibility index (Phi) is 8.59. The Hall–Kier alpha value is -2.73. The molecule has 31 heavy (non-hydrogen) atoms. The van der Waals surface area contributed by atoms with Gasteiger partial charge in [-0.2, -0.15) is 0 Å². The van der Waals surface area contributed by atoms with Crippen molar-refractivity contribution in [2.24, 2.45) is 0 Å². The molecule has 2 N–H and O–H groups in total. The molecular weight excluding hydrogens is 391 g/mol. The third-order valence-corrected chi connectivity index (χ3v) is 5.08. The number of hydrogen-bond acceptors (Lipinski definition) is 4. The highest BCUT2D eigenvalue weighted by atomic mass is 19.1. The number of aryl methyl sites for hydroxylation is 1. The summed E-state index contributed by atoms with van der Waals surface area (Å²) < 4.78 is 19.3. The number of rotatable bonds is 11. The number of ether oxygens (including phenoxy) is 1. The standard InChI is InChI=1S/C26H31FN2O2/c1-20-8-9-23(14-26(20)27)16-28-15-21-10-12-25(13-11-21)31-19-24(30)18-29(2)17-22-6-4-3-5-7-22/h3-14,24,28,30H,15-19H2,1-2H3/t24-/m0/s1. The van der Waals surface area contributed by atoms with Crippen LogP contribution in [0.15, 0.2) is 72.8 Å². The Labute approximate surface area is 184 Å². The van der Waals surface area contributed by atoms with Crippen LogP contribution < -0.4 is 10.1 Å². The van der Waals surface area contributed by atoms with Crippen LogP contribution >= 0.6 is 0 Å². The van der Waals surface area contributed by atoms with Crippen molar-refractivity contribution in [3.8, 4) is 5.75 Å². The van der Waals surface area contributed by atoms with E-state index in [9.17, 15) is 9.50 Å². The van der Waals surface area contributed by atoms with E-state index in [1.807, 2.05) is 55.6 Å². The van der Waals surface area contributed by atoms with E-state index in [0.717, 1.165) is 23.4 Å². The van der Waals surface area contributed by atoms with E-state index in [4.69, 9.17) is 4.74 Å². The zero-order valence-electron chi connectivity index (χ0n) is 18.2. The average Bonchev–Trinajstić information content (AvgIpc) is 2.76. The van der Waals surface area contributed by atoms with Gasteiger partial charge in [-0.25, -0.2) is 4.39 Å². The lowest BCUT2D eigenvalue weighted by molar-refractivity contribution is 0.0744. The summed E-state index contributed by atoms with van der Waals surface area (Å²) in [4.78, 5) is 2.08. The van der Waals surface area contributed by atoms with E-state index in [2.05, 4.69) is 22.3 Å². The number of halogens is 1. The van der Waals surface area contributed by atoms with Gasteiger partial charge in [-0.1, -0.05) is 54.6 Å². The first-order valence-corrected chi connectivity index (χ1v) is 10.6. The van der Waals surface area contributed by atoms with Crippen LogP contribution in [0.1, 0.15) is 22.3 Å². The summed E-state index contributed by atoms with van der Waals surface area (Å²) in [7, 11) is 1.99. The summed E-state index contributed by atoms with van der Waals surface area (Å²) in [6, 6.07) is 23.3. The monoisotopic (exact) mass is 422 g/mol. The first-order valence-electron chi connectivity index (χ1n) is 10.6. The first kappa shape index (κ1) is 22.9. The normalized spacial score (nSPS) is 12.2. The fraction of sp³-hybridized carbons (Fsp3) is 0.308. The highest BCUT2D eigenvalue weighted by Crippen LogP contribution is 2.14. The Balaban J connectivity index is 1.37. The van der Waals surface area contributed by atoms with Gasteiger partial charge >= 0.3 is 0 Å². The second kappa shape index (κ2) is 11.6. The lowest BCUT2D eigenvalue weighted by atomic mass is 10.1. The minimum atomic E-state index is -0.565. The van der Waals surface area contributed by atoms with Gasteiger partial charge in [0.05, 0.1) is 0 Å². The van der Waals surface area contributed by atoms with Crippen LogP contribution in [0.25, 0.3) is 0 Å². The van der Waals surface area contributed by atoms with Crippen molar-refractivity contribution in [2.75, 3.05) is 20.2 Å². The molecule has 4 nitrogen and oxygen atoms in total. The number of aliphatic hydroxyl groups is 1. The number of aliphatic hydroxyl groups excluding tert-OH is 1. The number of benzene rings is 3. The fourth-order valence-corrected chi connectivity index (χ4v) is 3.37. The molecule has 0 heterocycles. The predicted octanol–water partition coefficient (Wildman–Crippen LogP) is 4.30. The molecule has 0 radical (unpaired) electrons. The molecule has 0 fully saturated rings. The lowest BCUT2D eigenvalue weighted by Crippen LogP contribution is -2.32. The highest BCUT2D eigenvalue weighted by molar-refractivity contribution is 5.27. The van der Waals surface area contributed by atoms with Crippen LogP contribution in [-0.4, -0.2) is 36.3 Å². The summed E-state index contributed by atoms with van der Waals surface area (Å²) in [5, 5.41) is 13.6. The van der Waals surface area contributed by atoms with Gasteiger partial charge in [0.15, 0.2) is 0 Å². The zero-order valence-corrected chi connectivity index (χ0v) is 18.2. The predicted molar refractivity (Wildman–Crippen MR) is 122 cm³/mol. The van der Waals surface area contributed by atoms with E-state index >= 15 is 0 Å². The van der Waals surface area contributed by atoms with E-state index in [0.29, 0.717) is 25.2 Å². The minimum Gasteiger partial charge on any atom is -0.491 e. The molecule has 3 aromatic carbocycles. The van der Waals surface area contributed by atoms with Gasteiger partial charge in [0.1, 0.15) is 24.3 Å². The molecule has 0 spiro atoms. The van der Waals surface area contributed by atoms with Gasteiger partial charge in [-0.3, -0.25) is 4.90 Å². The number of nitrogens with one attached hydrogen (secondary N) is 1. The van der Waals surface area contributed by atoms with Gasteiger partial charge in [-0.05, 0) is 54.4 Å². The quantitative estimate of drug-likeness (QED) is 0.484. The SMILES string of the molecule is Cc1ccc(CNCc2ccc(OC[C@@H](O)CN(C)Cc3ccccc3)cc2)cc1F. The lowest BCUT2D eigenvalue weighted by Gasteiger charge is -2.21. The van der Waals surface area contributed by atoms with Crippen LogP contribution in [0.2, 0.25) is 0 Å². The molecule has 0 aliphatic rings. The Morgan fingerprint density at radius 2 is 1.61 bits per heavy atom. The smallest absolute Gasteiger partial charge is 0.126 e. The maximum Gasteiger partial charge on any atom is 0.126 e. The second-order valence-corrected chi connectivity index (χ2v) is 7.98. The molecule has 3 rings (SSSR count). The van der Waals surface area contributed by atoms with Crippen molar-refractivity contribution >= 4 is 0 Å². The number of hydrogen-bond donors (Lipinski definition) is 2. The van der Waals surface area contributed by atoms with Crippen molar-refractivity contribution in [3.63, 3.8) is 0 Å². The van der Waals surface area contributed by atoms with Gasteiger partial charge < -0.3 is 15.2 Å². The summed E-state index contributed by atoms with van der Waals surface area (Å²) in [6.45, 7) is 4.63. The summed E-state index contributed by atoms with van der Waals surface area (Å²) in [5.74, 6) is 0.559. The van der Waals surface area contributed by atoms with Gasteiger partial charge in [-0.15, -0.1) is 0 Å². The molecule has 0 aliphatic carbocycles. The maximum atomic E-state index is 13.6. The maximum absolute atomic E-state index is 13.6. The van der Waals surface area contributed by atoms with Crippen molar-refractivity contribution in [2.45, 2.75) is 32.7 Å². The molecule has 0 bridgehead atoms. The molecular formula is C26H31FN2O2. The van der Waals surface area contributed by atoms with Crippen LogP contribution in [0.3, 0.4) is 0 Å². The Bertz CT molecular complexity index is 932. The van der Waals surface area contributed by atoms with Crippen molar-refractivity contribution in [3.05, 3.63) is 101 Å². The molecule has 3 aromatic rings. The first-order chi connectivity index (χ1) is 15.0. The summed E-state index contributed by atoms with van der Waals surface area (Å²) in [6.07, 6.45) is -0.565. The molecule has 1 atom stereocenters.